The van der Waals surface area contributed by atoms with Crippen LogP contribution in [0.15, 0.2) is 18.3 Å². The third kappa shape index (κ3) is 4.09. The van der Waals surface area contributed by atoms with Crippen LogP contribution < -0.4 is 0 Å². The maximum atomic E-state index is 12.9. The highest BCUT2D eigenvalue weighted by atomic mass is 19.4. The molecule has 0 radical (unpaired) electrons. The van der Waals surface area contributed by atoms with E-state index in [0.717, 1.165) is 16.7 Å². The molecule has 0 spiro atoms. The minimum absolute atomic E-state index is 0.0138. The highest BCUT2D eigenvalue weighted by Gasteiger charge is 2.32. The summed E-state index contributed by atoms with van der Waals surface area (Å²) < 4.78 is 40.0. The molecule has 0 aliphatic rings. The molecule has 0 fully saturated rings. The third-order valence-corrected chi connectivity index (χ3v) is 3.70. The van der Waals surface area contributed by atoms with E-state index in [4.69, 9.17) is 5.11 Å². The number of fused-ring (bicyclic) bond motifs is 1. The minimum atomic E-state index is -4.54. The van der Waals surface area contributed by atoms with Gasteiger partial charge < -0.3 is 10.0 Å². The summed E-state index contributed by atoms with van der Waals surface area (Å²) in [5.41, 5.74) is -0.358. The highest BCUT2D eigenvalue weighted by molar-refractivity contribution is 5.95. The summed E-state index contributed by atoms with van der Waals surface area (Å²) in [4.78, 5) is 29.0. The number of carbonyl (C=O) groups excluding carboxylic acids is 1. The Kier molecular flexibility index (Phi) is 5.34. The van der Waals surface area contributed by atoms with E-state index in [1.165, 1.54) is 17.9 Å². The Hall–Kier alpha value is -2.58. The molecule has 0 aliphatic carbocycles. The number of carboxylic acids is 1. The number of halogens is 3. The number of pyridine rings is 1. The van der Waals surface area contributed by atoms with Gasteiger partial charge in [-0.1, -0.05) is 6.92 Å². The molecule has 2 aromatic heterocycles. The second kappa shape index (κ2) is 7.12. The van der Waals surface area contributed by atoms with E-state index in [9.17, 15) is 22.8 Å². The third-order valence-electron chi connectivity index (χ3n) is 3.70. The highest BCUT2D eigenvalue weighted by Crippen LogP contribution is 2.30. The van der Waals surface area contributed by atoms with E-state index in [-0.39, 0.29) is 24.3 Å². The lowest BCUT2D eigenvalue weighted by atomic mass is 10.2. The summed E-state index contributed by atoms with van der Waals surface area (Å²) in [6, 6.07) is 2.11. The molecule has 0 aromatic carbocycles. The van der Waals surface area contributed by atoms with Crippen LogP contribution in [0.4, 0.5) is 13.2 Å². The Bertz CT molecular complexity index is 799. The maximum absolute atomic E-state index is 12.9. The summed E-state index contributed by atoms with van der Waals surface area (Å²) in [7, 11) is 0. The Morgan fingerprint density at radius 2 is 1.96 bits per heavy atom. The lowest BCUT2D eigenvalue weighted by Gasteiger charge is -2.21. The van der Waals surface area contributed by atoms with Gasteiger partial charge in [-0.3, -0.25) is 14.0 Å². The number of alkyl halides is 3. The van der Waals surface area contributed by atoms with Crippen LogP contribution >= 0.6 is 0 Å². The standard InChI is InChI=1S/C16H18F3N3O3/c1-3-7-21(8-6-13(23)24)15(25)14-10(2)20-12-5-4-11(9-22(12)14)16(17,18)19/h4-5,9H,3,6-8H2,1-2H3,(H,23,24). The molecule has 2 rings (SSSR count). The molecule has 2 heterocycles. The van der Waals surface area contributed by atoms with Gasteiger partial charge in [0.25, 0.3) is 5.91 Å². The van der Waals surface area contributed by atoms with Crippen LogP contribution in [0.2, 0.25) is 0 Å². The second-order valence-electron chi connectivity index (χ2n) is 5.63. The summed E-state index contributed by atoms with van der Waals surface area (Å²) in [5, 5.41) is 8.81. The maximum Gasteiger partial charge on any atom is 0.417 e. The van der Waals surface area contributed by atoms with Gasteiger partial charge in [0.05, 0.1) is 17.7 Å². The van der Waals surface area contributed by atoms with Crippen molar-refractivity contribution < 1.29 is 27.9 Å². The molecule has 2 aromatic rings. The van der Waals surface area contributed by atoms with Gasteiger partial charge in [0.15, 0.2) is 0 Å². The molecule has 6 nitrogen and oxygen atoms in total. The van der Waals surface area contributed by atoms with Gasteiger partial charge in [-0.15, -0.1) is 0 Å². The first-order valence-corrected chi connectivity index (χ1v) is 7.72. The largest absolute Gasteiger partial charge is 0.481 e. The average Bonchev–Trinajstić information content (AvgIpc) is 2.84. The van der Waals surface area contributed by atoms with Crippen LogP contribution in [0.25, 0.3) is 5.65 Å². The minimum Gasteiger partial charge on any atom is -0.481 e. The number of hydrogen-bond acceptors (Lipinski definition) is 3. The molecule has 136 valence electrons. The summed E-state index contributed by atoms with van der Waals surface area (Å²) in [5.74, 6) is -1.59. The summed E-state index contributed by atoms with van der Waals surface area (Å²) in [6.45, 7) is 3.64. The van der Waals surface area contributed by atoms with Crippen LogP contribution in [0, 0.1) is 6.92 Å². The molecule has 0 aliphatic heterocycles. The zero-order chi connectivity index (χ0) is 18.8. The zero-order valence-electron chi connectivity index (χ0n) is 13.8. The lowest BCUT2D eigenvalue weighted by Crippen LogP contribution is -2.35. The van der Waals surface area contributed by atoms with Crippen LogP contribution in [-0.4, -0.2) is 44.4 Å². The molecule has 0 atom stereocenters. The van der Waals surface area contributed by atoms with Gasteiger partial charge in [-0.2, -0.15) is 13.2 Å². The van der Waals surface area contributed by atoms with Crippen molar-refractivity contribution in [1.82, 2.24) is 14.3 Å². The normalized spacial score (nSPS) is 11.7. The average molecular weight is 357 g/mol. The molecule has 1 N–H and O–H groups in total. The summed E-state index contributed by atoms with van der Waals surface area (Å²) in [6.07, 6.45) is -3.35. The number of aromatic nitrogens is 2. The van der Waals surface area contributed by atoms with Crippen molar-refractivity contribution in [3.8, 4) is 0 Å². The number of carbonyl (C=O) groups is 2. The molecule has 1 amide bonds. The van der Waals surface area contributed by atoms with E-state index >= 15 is 0 Å². The zero-order valence-corrected chi connectivity index (χ0v) is 13.8. The van der Waals surface area contributed by atoms with Gasteiger partial charge in [0.1, 0.15) is 11.3 Å². The Morgan fingerprint density at radius 3 is 2.52 bits per heavy atom. The van der Waals surface area contributed by atoms with E-state index in [1.807, 2.05) is 6.92 Å². The lowest BCUT2D eigenvalue weighted by molar-refractivity contribution is -0.138. The van der Waals surface area contributed by atoms with E-state index in [2.05, 4.69) is 4.98 Å². The monoisotopic (exact) mass is 357 g/mol. The molecule has 0 saturated heterocycles. The van der Waals surface area contributed by atoms with Crippen LogP contribution in [-0.2, 0) is 11.0 Å². The molecule has 0 bridgehead atoms. The second-order valence-corrected chi connectivity index (χ2v) is 5.63. The van der Waals surface area contributed by atoms with Crippen LogP contribution in [0.5, 0.6) is 0 Å². The number of imidazole rings is 1. The number of rotatable bonds is 6. The number of carboxylic acid groups (broad SMARTS) is 1. The molecule has 25 heavy (non-hydrogen) atoms. The Balaban J connectivity index is 2.47. The SMILES string of the molecule is CCCN(CCC(=O)O)C(=O)c1c(C)nc2ccc(C(F)(F)F)cn12. The van der Waals surface area contributed by atoms with Gasteiger partial charge in [-0.25, -0.2) is 4.98 Å². The van der Waals surface area contributed by atoms with Gasteiger partial charge in [-0.05, 0) is 25.5 Å². The number of hydrogen-bond donors (Lipinski definition) is 1. The predicted molar refractivity (Wildman–Crippen MR) is 83.4 cm³/mol. The molecular formula is C16H18F3N3O3. The van der Waals surface area contributed by atoms with Crippen LogP contribution in [0.3, 0.4) is 0 Å². The van der Waals surface area contributed by atoms with Crippen LogP contribution in [0.1, 0.15) is 41.5 Å². The van der Waals surface area contributed by atoms with Crippen molar-refractivity contribution in [2.24, 2.45) is 0 Å². The fourth-order valence-corrected chi connectivity index (χ4v) is 2.55. The summed E-state index contributed by atoms with van der Waals surface area (Å²) >= 11 is 0. The smallest absolute Gasteiger partial charge is 0.417 e. The van der Waals surface area contributed by atoms with Crippen molar-refractivity contribution in [2.45, 2.75) is 32.9 Å². The van der Waals surface area contributed by atoms with Gasteiger partial charge in [0.2, 0.25) is 0 Å². The first kappa shape index (κ1) is 18.8. The number of nitrogens with zero attached hydrogens (tertiary/aromatic N) is 3. The Morgan fingerprint density at radius 1 is 1.28 bits per heavy atom. The van der Waals surface area contributed by atoms with Crippen molar-refractivity contribution in [2.75, 3.05) is 13.1 Å². The van der Waals surface area contributed by atoms with Crippen molar-refractivity contribution in [1.29, 1.82) is 0 Å². The molecule has 0 unspecified atom stereocenters. The molecular weight excluding hydrogens is 339 g/mol. The number of aryl methyl sites for hydroxylation is 1. The number of amides is 1. The fourth-order valence-electron chi connectivity index (χ4n) is 2.55. The van der Waals surface area contributed by atoms with Crippen molar-refractivity contribution in [3.05, 3.63) is 35.3 Å². The van der Waals surface area contributed by atoms with E-state index < -0.39 is 23.6 Å². The topological polar surface area (TPSA) is 74.9 Å². The number of aliphatic carboxylic acids is 1. The van der Waals surface area contributed by atoms with Gasteiger partial charge in [0, 0.05) is 19.3 Å². The first-order chi connectivity index (χ1) is 11.6. The van der Waals surface area contributed by atoms with Crippen molar-refractivity contribution in [3.63, 3.8) is 0 Å². The first-order valence-electron chi connectivity index (χ1n) is 7.72. The quantitative estimate of drug-likeness (QED) is 0.862. The van der Waals surface area contributed by atoms with Gasteiger partial charge >= 0.3 is 12.1 Å². The van der Waals surface area contributed by atoms with E-state index in [1.54, 1.807) is 0 Å². The van der Waals surface area contributed by atoms with Crippen molar-refractivity contribution >= 4 is 17.5 Å². The molecule has 9 heteroatoms. The van der Waals surface area contributed by atoms with E-state index in [0.29, 0.717) is 18.7 Å². The predicted octanol–water partition coefficient (Wildman–Crippen LogP) is 2.99. The molecule has 0 saturated carbocycles. The Labute approximate surface area is 141 Å². The fraction of sp³-hybridized carbons (Fsp3) is 0.438.